The van der Waals surface area contributed by atoms with E-state index in [0.717, 1.165) is 25.1 Å². The third-order valence-corrected chi connectivity index (χ3v) is 4.37. The summed E-state index contributed by atoms with van der Waals surface area (Å²) in [6, 6.07) is 5.42. The second-order valence-corrected chi connectivity index (χ2v) is 6.59. The van der Waals surface area contributed by atoms with Crippen LogP contribution in [0.1, 0.15) is 26.7 Å². The van der Waals surface area contributed by atoms with E-state index in [1.165, 1.54) is 0 Å². The molecular weight excluding hydrogens is 441 g/mol. The van der Waals surface area contributed by atoms with Crippen molar-refractivity contribution >= 4 is 47.2 Å². The number of anilines is 1. The van der Waals surface area contributed by atoms with Crippen LogP contribution in [0.25, 0.3) is 0 Å². The minimum absolute atomic E-state index is 0. The Labute approximate surface area is 166 Å². The summed E-state index contributed by atoms with van der Waals surface area (Å²) in [4.78, 5) is 4.48. The third-order valence-electron chi connectivity index (χ3n) is 4.07. The zero-order valence-corrected chi connectivity index (χ0v) is 17.5. The number of nitrogens with one attached hydrogen (secondary N) is 1. The molecule has 2 atom stereocenters. The Morgan fingerprint density at radius 2 is 2.25 bits per heavy atom. The van der Waals surface area contributed by atoms with Crippen molar-refractivity contribution in [2.24, 2.45) is 22.6 Å². The van der Waals surface area contributed by atoms with E-state index in [9.17, 15) is 0 Å². The van der Waals surface area contributed by atoms with Gasteiger partial charge in [0.15, 0.2) is 5.96 Å². The first kappa shape index (κ1) is 21.3. The number of halogens is 2. The van der Waals surface area contributed by atoms with Gasteiger partial charge in [-0.3, -0.25) is 4.99 Å². The molecule has 0 aliphatic carbocycles. The molecule has 1 aromatic carbocycles. The molecule has 1 aromatic rings. The zero-order chi connectivity index (χ0) is 16.8. The maximum atomic E-state index is 6.10. The first-order valence-corrected chi connectivity index (χ1v) is 8.41. The second kappa shape index (κ2) is 10.3. The van der Waals surface area contributed by atoms with Gasteiger partial charge in [-0.25, -0.2) is 0 Å². The Morgan fingerprint density at radius 3 is 2.88 bits per heavy atom. The Hall–Kier alpha value is -0.730. The number of hydrogen-bond acceptors (Lipinski definition) is 3. The molecule has 0 bridgehead atoms. The maximum absolute atomic E-state index is 6.10. The normalized spacial score (nSPS) is 21.3. The smallest absolute Gasteiger partial charge is 0.193 e. The monoisotopic (exact) mass is 467 g/mol. The van der Waals surface area contributed by atoms with Gasteiger partial charge in [-0.2, -0.15) is 0 Å². The molecule has 2 unspecified atom stereocenters. The lowest BCUT2D eigenvalue weighted by Gasteiger charge is -2.33. The van der Waals surface area contributed by atoms with Crippen molar-refractivity contribution in [3.8, 4) is 5.75 Å². The number of nitrogens with two attached hydrogens (primary N) is 1. The van der Waals surface area contributed by atoms with Crippen LogP contribution in [0.15, 0.2) is 23.2 Å². The number of nitrogens with zero attached hydrogens (tertiary/aromatic N) is 1. The van der Waals surface area contributed by atoms with Gasteiger partial charge in [0.05, 0.1) is 18.2 Å². The Morgan fingerprint density at radius 1 is 1.50 bits per heavy atom. The topological polar surface area (TPSA) is 68.9 Å². The van der Waals surface area contributed by atoms with Gasteiger partial charge in [0, 0.05) is 24.8 Å². The molecule has 3 N–H and O–H groups in total. The van der Waals surface area contributed by atoms with Crippen LogP contribution >= 0.6 is 35.6 Å². The summed E-state index contributed by atoms with van der Waals surface area (Å²) in [5.74, 6) is 1.93. The first-order valence-electron chi connectivity index (χ1n) is 8.03. The summed E-state index contributed by atoms with van der Waals surface area (Å²) in [7, 11) is 1.58. The lowest BCUT2D eigenvalue weighted by atomic mass is 9.87. The fraction of sp³-hybridized carbons (Fsp3) is 0.588. The number of hydrogen-bond donors (Lipinski definition) is 2. The summed E-state index contributed by atoms with van der Waals surface area (Å²) in [5, 5.41) is 3.60. The van der Waals surface area contributed by atoms with Crippen molar-refractivity contribution in [3.05, 3.63) is 23.2 Å². The van der Waals surface area contributed by atoms with E-state index in [2.05, 4.69) is 24.2 Å². The molecular formula is C17H27ClIN3O2. The number of aliphatic imine (C=N–C) groups is 1. The molecule has 136 valence electrons. The van der Waals surface area contributed by atoms with Crippen LogP contribution in [-0.4, -0.2) is 32.3 Å². The molecule has 0 aromatic heterocycles. The van der Waals surface area contributed by atoms with Gasteiger partial charge >= 0.3 is 0 Å². The van der Waals surface area contributed by atoms with E-state index in [4.69, 9.17) is 26.8 Å². The summed E-state index contributed by atoms with van der Waals surface area (Å²) in [5.41, 5.74) is 6.78. The quantitative estimate of drug-likeness (QED) is 0.388. The highest BCUT2D eigenvalue weighted by Gasteiger charge is 2.28. The number of ether oxygens (including phenoxy) is 2. The van der Waals surface area contributed by atoms with Crippen LogP contribution < -0.4 is 15.8 Å². The molecule has 1 aliphatic heterocycles. The maximum Gasteiger partial charge on any atom is 0.193 e. The standard InChI is InChI=1S/C17H26ClN3O2.HI/c1-11(2)16-12(5-4-8-23-16)10-20-17(19)21-13-6-7-15(22-3)14(18)9-13;/h6-7,9,11-12,16H,4-5,8,10H2,1-3H3,(H3,19,20,21);1H. The lowest BCUT2D eigenvalue weighted by Crippen LogP contribution is -2.36. The van der Waals surface area contributed by atoms with Crippen LogP contribution in [0.4, 0.5) is 5.69 Å². The highest BCUT2D eigenvalue weighted by atomic mass is 127. The molecule has 7 heteroatoms. The average Bonchev–Trinajstić information content (AvgIpc) is 2.53. The lowest BCUT2D eigenvalue weighted by molar-refractivity contribution is -0.0491. The molecule has 0 radical (unpaired) electrons. The van der Waals surface area contributed by atoms with Crippen molar-refractivity contribution in [1.82, 2.24) is 0 Å². The van der Waals surface area contributed by atoms with Gasteiger partial charge in [0.25, 0.3) is 0 Å². The van der Waals surface area contributed by atoms with Crippen molar-refractivity contribution in [1.29, 1.82) is 0 Å². The Balaban J connectivity index is 0.00000288. The van der Waals surface area contributed by atoms with E-state index in [-0.39, 0.29) is 30.1 Å². The minimum Gasteiger partial charge on any atom is -0.495 e. The van der Waals surface area contributed by atoms with Gasteiger partial charge < -0.3 is 20.5 Å². The van der Waals surface area contributed by atoms with Gasteiger partial charge in [-0.05, 0) is 37.0 Å². The molecule has 1 saturated heterocycles. The van der Waals surface area contributed by atoms with Crippen LogP contribution in [0.3, 0.4) is 0 Å². The van der Waals surface area contributed by atoms with Crippen LogP contribution in [-0.2, 0) is 4.74 Å². The molecule has 1 aliphatic rings. The van der Waals surface area contributed by atoms with Crippen molar-refractivity contribution in [2.75, 3.05) is 25.6 Å². The van der Waals surface area contributed by atoms with Gasteiger partial charge in [0.2, 0.25) is 0 Å². The van der Waals surface area contributed by atoms with Gasteiger partial charge in [-0.1, -0.05) is 25.4 Å². The van der Waals surface area contributed by atoms with Gasteiger partial charge in [0.1, 0.15) is 5.75 Å². The fourth-order valence-corrected chi connectivity index (χ4v) is 3.20. The molecule has 0 amide bonds. The van der Waals surface area contributed by atoms with Crippen LogP contribution in [0, 0.1) is 11.8 Å². The van der Waals surface area contributed by atoms with Crippen molar-refractivity contribution in [2.45, 2.75) is 32.8 Å². The summed E-state index contributed by atoms with van der Waals surface area (Å²) in [6.45, 7) is 5.90. The number of rotatable bonds is 5. The highest BCUT2D eigenvalue weighted by Crippen LogP contribution is 2.28. The van der Waals surface area contributed by atoms with Crippen LogP contribution in [0.2, 0.25) is 5.02 Å². The van der Waals surface area contributed by atoms with Crippen molar-refractivity contribution in [3.63, 3.8) is 0 Å². The number of methoxy groups -OCH3 is 1. The highest BCUT2D eigenvalue weighted by molar-refractivity contribution is 14.0. The summed E-state index contributed by atoms with van der Waals surface area (Å²) >= 11 is 6.10. The SMILES string of the molecule is COc1ccc(NC(N)=NCC2CCCOC2C(C)C)cc1Cl.I. The molecule has 1 fully saturated rings. The van der Waals surface area contributed by atoms with Crippen LogP contribution in [0.5, 0.6) is 5.75 Å². The average molecular weight is 468 g/mol. The fourth-order valence-electron chi connectivity index (χ4n) is 2.94. The van der Waals surface area contributed by atoms with E-state index in [0.29, 0.717) is 35.1 Å². The third kappa shape index (κ3) is 5.97. The van der Waals surface area contributed by atoms with E-state index < -0.39 is 0 Å². The Kier molecular flexibility index (Phi) is 9.15. The summed E-state index contributed by atoms with van der Waals surface area (Å²) in [6.07, 6.45) is 2.48. The van der Waals surface area contributed by atoms with Crippen molar-refractivity contribution < 1.29 is 9.47 Å². The Bertz CT molecular complexity index is 555. The predicted molar refractivity (Wildman–Crippen MR) is 111 cm³/mol. The first-order chi connectivity index (χ1) is 11.0. The predicted octanol–water partition coefficient (Wildman–Crippen LogP) is 4.14. The van der Waals surface area contributed by atoms with E-state index >= 15 is 0 Å². The minimum atomic E-state index is 0. The molecule has 2 rings (SSSR count). The number of guanidine groups is 1. The molecule has 24 heavy (non-hydrogen) atoms. The molecule has 0 saturated carbocycles. The molecule has 1 heterocycles. The molecule has 0 spiro atoms. The largest absolute Gasteiger partial charge is 0.495 e. The summed E-state index contributed by atoms with van der Waals surface area (Å²) < 4.78 is 11.0. The van der Waals surface area contributed by atoms with Gasteiger partial charge in [-0.15, -0.1) is 24.0 Å². The second-order valence-electron chi connectivity index (χ2n) is 6.18. The zero-order valence-electron chi connectivity index (χ0n) is 14.4. The van der Waals surface area contributed by atoms with E-state index in [1.54, 1.807) is 19.2 Å². The number of benzene rings is 1. The molecule has 5 nitrogen and oxygen atoms in total. The van der Waals surface area contributed by atoms with E-state index in [1.807, 2.05) is 6.07 Å².